The highest BCUT2D eigenvalue weighted by Crippen LogP contribution is 2.24. The first-order valence-corrected chi connectivity index (χ1v) is 7.81. The molecule has 2 heterocycles. The minimum Gasteiger partial charge on any atom is -0.478 e. The van der Waals surface area contributed by atoms with E-state index in [-0.39, 0.29) is 6.10 Å². The van der Waals surface area contributed by atoms with E-state index in [1.54, 1.807) is 17.4 Å². The van der Waals surface area contributed by atoms with Crippen molar-refractivity contribution in [1.29, 1.82) is 0 Å². The first-order chi connectivity index (χ1) is 9.60. The first kappa shape index (κ1) is 15.2. The third-order valence-electron chi connectivity index (χ3n) is 3.58. The van der Waals surface area contributed by atoms with E-state index < -0.39 is 5.97 Å². The van der Waals surface area contributed by atoms with E-state index in [4.69, 9.17) is 9.84 Å². The number of aliphatic carboxylic acids is 1. The lowest BCUT2D eigenvalue weighted by atomic mass is 10.1. The zero-order valence-corrected chi connectivity index (χ0v) is 12.7. The van der Waals surface area contributed by atoms with Gasteiger partial charge in [0.1, 0.15) is 0 Å². The fourth-order valence-electron chi connectivity index (χ4n) is 2.46. The van der Waals surface area contributed by atoms with Crippen molar-refractivity contribution in [3.63, 3.8) is 0 Å². The summed E-state index contributed by atoms with van der Waals surface area (Å²) in [5, 5.41) is 10.7. The summed E-state index contributed by atoms with van der Waals surface area (Å²) in [6.45, 7) is 6.85. The molecule has 2 rings (SSSR count). The van der Waals surface area contributed by atoms with Crippen molar-refractivity contribution in [2.24, 2.45) is 0 Å². The summed E-state index contributed by atoms with van der Waals surface area (Å²) in [4.78, 5) is 14.3. The summed E-state index contributed by atoms with van der Waals surface area (Å²) in [5.41, 5.74) is 1.01. The van der Waals surface area contributed by atoms with E-state index in [0.717, 1.165) is 31.7 Å². The van der Waals surface area contributed by atoms with Gasteiger partial charge in [-0.15, -0.1) is 11.3 Å². The van der Waals surface area contributed by atoms with Crippen LogP contribution in [0, 0.1) is 0 Å². The molecule has 1 aromatic heterocycles. The number of carboxylic acid groups (broad SMARTS) is 1. The van der Waals surface area contributed by atoms with Gasteiger partial charge in [0.15, 0.2) is 0 Å². The third-order valence-corrected chi connectivity index (χ3v) is 4.51. The number of carboxylic acids is 1. The molecule has 2 unspecified atom stereocenters. The number of hydrogen-bond donors (Lipinski definition) is 1. The Morgan fingerprint density at radius 2 is 2.45 bits per heavy atom. The molecule has 0 amide bonds. The fraction of sp³-hybridized carbons (Fsp3) is 0.533. The van der Waals surface area contributed by atoms with Gasteiger partial charge in [-0.25, -0.2) is 4.79 Å². The minimum absolute atomic E-state index is 0.260. The van der Waals surface area contributed by atoms with Gasteiger partial charge in [0.05, 0.1) is 12.7 Å². The first-order valence-electron chi connectivity index (χ1n) is 6.93. The van der Waals surface area contributed by atoms with E-state index >= 15 is 0 Å². The number of ether oxygens (including phenoxy) is 1. The molecular formula is C15H21NO3S. The number of hydrogen-bond acceptors (Lipinski definition) is 4. The second-order valence-electron chi connectivity index (χ2n) is 5.11. The summed E-state index contributed by atoms with van der Waals surface area (Å²) >= 11 is 1.68. The molecule has 1 saturated heterocycles. The molecule has 0 aliphatic carbocycles. The van der Waals surface area contributed by atoms with Crippen LogP contribution in [0.15, 0.2) is 17.5 Å². The number of rotatable bonds is 5. The number of thiophene rings is 1. The topological polar surface area (TPSA) is 49.8 Å². The molecule has 0 bridgehead atoms. The third kappa shape index (κ3) is 3.91. The average Bonchev–Trinajstić information content (AvgIpc) is 2.84. The molecule has 4 nitrogen and oxygen atoms in total. The Labute approximate surface area is 123 Å². The monoisotopic (exact) mass is 295 g/mol. The standard InChI is InChI=1S/C15H21NO3S/c1-3-13-10-19-11(2)8-16(13)9-14-12(6-7-20-14)4-5-15(17)18/h4-7,11,13H,3,8-10H2,1-2H3,(H,17,18). The number of carbonyl (C=O) groups is 1. The SMILES string of the molecule is CCC1COC(C)CN1Cc1sccc1C=CC(=O)O. The van der Waals surface area contributed by atoms with Crippen LogP contribution >= 0.6 is 11.3 Å². The smallest absolute Gasteiger partial charge is 0.328 e. The van der Waals surface area contributed by atoms with E-state index in [9.17, 15) is 4.79 Å². The van der Waals surface area contributed by atoms with Crippen molar-refractivity contribution in [3.05, 3.63) is 28.0 Å². The fourth-order valence-corrected chi connectivity index (χ4v) is 3.35. The molecular weight excluding hydrogens is 274 g/mol. The van der Waals surface area contributed by atoms with Gasteiger partial charge < -0.3 is 9.84 Å². The molecule has 20 heavy (non-hydrogen) atoms. The molecule has 1 fully saturated rings. The Kier molecular flexibility index (Phi) is 5.34. The summed E-state index contributed by atoms with van der Waals surface area (Å²) in [5.74, 6) is -0.909. The predicted molar refractivity (Wildman–Crippen MR) is 80.9 cm³/mol. The van der Waals surface area contributed by atoms with Crippen molar-refractivity contribution >= 4 is 23.4 Å². The van der Waals surface area contributed by atoms with Crippen LogP contribution in [0.5, 0.6) is 0 Å². The molecule has 0 spiro atoms. The maximum Gasteiger partial charge on any atom is 0.328 e. The predicted octanol–water partition coefficient (Wildman–Crippen LogP) is 2.85. The van der Waals surface area contributed by atoms with Crippen LogP contribution < -0.4 is 0 Å². The van der Waals surface area contributed by atoms with E-state index in [2.05, 4.69) is 18.7 Å². The summed E-state index contributed by atoms with van der Waals surface area (Å²) in [6.07, 6.45) is 4.21. The minimum atomic E-state index is -0.909. The molecule has 1 aliphatic rings. The normalized spacial score (nSPS) is 24.3. The molecule has 5 heteroatoms. The van der Waals surface area contributed by atoms with Crippen LogP contribution in [0.4, 0.5) is 0 Å². The maximum absolute atomic E-state index is 10.6. The van der Waals surface area contributed by atoms with Crippen molar-refractivity contribution in [3.8, 4) is 0 Å². The largest absolute Gasteiger partial charge is 0.478 e. The molecule has 1 N–H and O–H groups in total. The lowest BCUT2D eigenvalue weighted by Crippen LogP contribution is -2.47. The van der Waals surface area contributed by atoms with Gasteiger partial charge in [0.25, 0.3) is 0 Å². The molecule has 2 atom stereocenters. The molecule has 1 aromatic rings. The van der Waals surface area contributed by atoms with Gasteiger partial charge in [-0.1, -0.05) is 6.92 Å². The molecule has 0 saturated carbocycles. The van der Waals surface area contributed by atoms with E-state index in [0.29, 0.717) is 6.04 Å². The quantitative estimate of drug-likeness (QED) is 0.849. The second kappa shape index (κ2) is 7.02. The lowest BCUT2D eigenvalue weighted by Gasteiger charge is -2.38. The molecule has 110 valence electrons. The average molecular weight is 295 g/mol. The van der Waals surface area contributed by atoms with Gasteiger partial charge in [0.2, 0.25) is 0 Å². The van der Waals surface area contributed by atoms with Gasteiger partial charge in [-0.3, -0.25) is 4.90 Å². The van der Waals surface area contributed by atoms with Crippen molar-refractivity contribution in [1.82, 2.24) is 4.90 Å². The Bertz CT molecular complexity index is 483. The van der Waals surface area contributed by atoms with Crippen LogP contribution in [-0.2, 0) is 16.1 Å². The van der Waals surface area contributed by atoms with Crippen LogP contribution in [0.25, 0.3) is 6.08 Å². The highest BCUT2D eigenvalue weighted by Gasteiger charge is 2.26. The number of morpholine rings is 1. The lowest BCUT2D eigenvalue weighted by molar-refractivity contribution is -0.131. The Morgan fingerprint density at radius 1 is 1.65 bits per heavy atom. The molecule has 1 aliphatic heterocycles. The van der Waals surface area contributed by atoms with Crippen molar-refractivity contribution < 1.29 is 14.6 Å². The van der Waals surface area contributed by atoms with E-state index in [1.165, 1.54) is 11.0 Å². The van der Waals surface area contributed by atoms with Crippen LogP contribution in [0.1, 0.15) is 30.7 Å². The zero-order chi connectivity index (χ0) is 14.5. The molecule has 0 aromatic carbocycles. The van der Waals surface area contributed by atoms with Crippen molar-refractivity contribution in [2.75, 3.05) is 13.2 Å². The summed E-state index contributed by atoms with van der Waals surface area (Å²) in [6, 6.07) is 2.43. The Morgan fingerprint density at radius 3 is 3.15 bits per heavy atom. The maximum atomic E-state index is 10.6. The molecule has 0 radical (unpaired) electrons. The van der Waals surface area contributed by atoms with Gasteiger partial charge in [0, 0.05) is 30.1 Å². The summed E-state index contributed by atoms with van der Waals surface area (Å²) in [7, 11) is 0. The van der Waals surface area contributed by atoms with Gasteiger partial charge in [-0.2, -0.15) is 0 Å². The second-order valence-corrected chi connectivity index (χ2v) is 6.11. The number of nitrogens with zero attached hydrogens (tertiary/aromatic N) is 1. The Hall–Kier alpha value is -1.17. The van der Waals surface area contributed by atoms with Crippen LogP contribution in [0.2, 0.25) is 0 Å². The Balaban J connectivity index is 2.08. The van der Waals surface area contributed by atoms with Crippen LogP contribution in [0.3, 0.4) is 0 Å². The van der Waals surface area contributed by atoms with Gasteiger partial charge in [-0.05, 0) is 36.4 Å². The summed E-state index contributed by atoms with van der Waals surface area (Å²) < 4.78 is 5.71. The van der Waals surface area contributed by atoms with Gasteiger partial charge >= 0.3 is 5.97 Å². The van der Waals surface area contributed by atoms with Crippen molar-refractivity contribution in [2.45, 2.75) is 39.0 Å². The van der Waals surface area contributed by atoms with Crippen LogP contribution in [-0.4, -0.2) is 41.3 Å². The highest BCUT2D eigenvalue weighted by atomic mass is 32.1. The highest BCUT2D eigenvalue weighted by molar-refractivity contribution is 7.10. The van der Waals surface area contributed by atoms with E-state index in [1.807, 2.05) is 11.4 Å². The zero-order valence-electron chi connectivity index (χ0n) is 11.9.